The monoisotopic (exact) mass is 348 g/mol. The van der Waals surface area contributed by atoms with Gasteiger partial charge in [0, 0.05) is 25.7 Å². The predicted octanol–water partition coefficient (Wildman–Crippen LogP) is 1.79. The van der Waals surface area contributed by atoms with Crippen LogP contribution >= 0.6 is 0 Å². The Kier molecular flexibility index (Phi) is 4.75. The van der Waals surface area contributed by atoms with E-state index in [1.165, 1.54) is 37.5 Å². The fourth-order valence-corrected chi connectivity index (χ4v) is 3.74. The molecular weight excluding hydrogens is 328 g/mol. The van der Waals surface area contributed by atoms with E-state index < -0.39 is 10.0 Å². The summed E-state index contributed by atoms with van der Waals surface area (Å²) in [4.78, 5) is 0.142. The Labute approximate surface area is 141 Å². The van der Waals surface area contributed by atoms with E-state index >= 15 is 0 Å². The first kappa shape index (κ1) is 16.8. The quantitative estimate of drug-likeness (QED) is 0.832. The molecule has 128 valence electrons. The summed E-state index contributed by atoms with van der Waals surface area (Å²) in [6, 6.07) is 10.5. The van der Waals surface area contributed by atoms with Gasteiger partial charge < -0.3 is 14.8 Å². The summed E-state index contributed by atoms with van der Waals surface area (Å²) in [5, 5.41) is 3.27. The zero-order valence-electron chi connectivity index (χ0n) is 13.6. The average Bonchev–Trinajstić information content (AvgIpc) is 3.07. The molecule has 0 aliphatic carbocycles. The third-order valence-electron chi connectivity index (χ3n) is 4.03. The second kappa shape index (κ2) is 6.80. The first-order chi connectivity index (χ1) is 11.5. The normalized spacial score (nSPS) is 13.6. The van der Waals surface area contributed by atoms with Gasteiger partial charge in [-0.25, -0.2) is 13.1 Å². The Hall–Kier alpha value is -2.09. The molecule has 2 aromatic rings. The molecule has 1 aliphatic rings. The van der Waals surface area contributed by atoms with Gasteiger partial charge >= 0.3 is 0 Å². The van der Waals surface area contributed by atoms with Crippen molar-refractivity contribution in [2.45, 2.75) is 24.5 Å². The van der Waals surface area contributed by atoms with E-state index in [1.54, 1.807) is 6.07 Å². The first-order valence-corrected chi connectivity index (χ1v) is 9.05. The van der Waals surface area contributed by atoms with Gasteiger partial charge in [-0.15, -0.1) is 0 Å². The number of fused-ring (bicyclic) bond motifs is 1. The Morgan fingerprint density at radius 3 is 2.50 bits per heavy atom. The van der Waals surface area contributed by atoms with Crippen LogP contribution in [0.25, 0.3) is 0 Å². The molecular formula is C17H20N2O4S. The third-order valence-corrected chi connectivity index (χ3v) is 5.43. The van der Waals surface area contributed by atoms with Gasteiger partial charge in [-0.05, 0) is 28.8 Å². The number of hydrogen-bond donors (Lipinski definition) is 2. The van der Waals surface area contributed by atoms with Gasteiger partial charge in [-0.1, -0.05) is 18.2 Å². The van der Waals surface area contributed by atoms with Crippen LogP contribution in [0.3, 0.4) is 0 Å². The molecule has 2 N–H and O–H groups in total. The molecule has 24 heavy (non-hydrogen) atoms. The van der Waals surface area contributed by atoms with E-state index in [1.807, 2.05) is 18.2 Å². The molecule has 2 aromatic carbocycles. The molecule has 0 fully saturated rings. The molecule has 0 aromatic heterocycles. The summed E-state index contributed by atoms with van der Waals surface area (Å²) in [6.45, 7) is 1.93. The zero-order valence-corrected chi connectivity index (χ0v) is 14.4. The Bertz CT molecular complexity index is 850. The van der Waals surface area contributed by atoms with Crippen LogP contribution in [0, 0.1) is 0 Å². The minimum absolute atomic E-state index is 0.142. The lowest BCUT2D eigenvalue weighted by Crippen LogP contribution is -2.23. The van der Waals surface area contributed by atoms with Crippen molar-refractivity contribution >= 4 is 10.0 Å². The van der Waals surface area contributed by atoms with Crippen LogP contribution < -0.4 is 19.5 Å². The molecule has 1 heterocycles. The third kappa shape index (κ3) is 3.38. The molecule has 0 saturated carbocycles. The average molecular weight is 348 g/mol. The van der Waals surface area contributed by atoms with E-state index in [2.05, 4.69) is 10.0 Å². The summed E-state index contributed by atoms with van der Waals surface area (Å²) in [6.07, 6.45) is 0. The van der Waals surface area contributed by atoms with Crippen molar-refractivity contribution in [3.8, 4) is 11.5 Å². The van der Waals surface area contributed by atoms with Crippen molar-refractivity contribution in [1.82, 2.24) is 10.0 Å². The van der Waals surface area contributed by atoms with Crippen LogP contribution in [0.1, 0.15) is 16.7 Å². The van der Waals surface area contributed by atoms with Crippen molar-refractivity contribution in [3.63, 3.8) is 0 Å². The maximum Gasteiger partial charge on any atom is 0.241 e. The summed E-state index contributed by atoms with van der Waals surface area (Å²) in [5.41, 5.74) is 3.42. The fraction of sp³-hybridized carbons (Fsp3) is 0.294. The highest BCUT2D eigenvalue weighted by Gasteiger charge is 2.17. The molecule has 1 aliphatic heterocycles. The van der Waals surface area contributed by atoms with Gasteiger partial charge in [0.05, 0.1) is 19.1 Å². The number of benzene rings is 2. The number of nitrogens with one attached hydrogen (secondary N) is 2. The van der Waals surface area contributed by atoms with Gasteiger partial charge in [0.2, 0.25) is 10.0 Å². The lowest BCUT2D eigenvalue weighted by atomic mass is 10.1. The number of sulfonamides is 1. The van der Waals surface area contributed by atoms with Gasteiger partial charge in [-0.3, -0.25) is 0 Å². The van der Waals surface area contributed by atoms with E-state index in [4.69, 9.17) is 9.47 Å². The van der Waals surface area contributed by atoms with Crippen molar-refractivity contribution in [1.29, 1.82) is 0 Å². The second-order valence-corrected chi connectivity index (χ2v) is 7.31. The highest BCUT2D eigenvalue weighted by atomic mass is 32.2. The molecule has 0 atom stereocenters. The Morgan fingerprint density at radius 1 is 1.00 bits per heavy atom. The summed E-state index contributed by atoms with van der Waals surface area (Å²) >= 11 is 0. The molecule has 0 unspecified atom stereocenters. The van der Waals surface area contributed by atoms with Crippen molar-refractivity contribution in [2.75, 3.05) is 14.2 Å². The molecule has 0 saturated heterocycles. The number of rotatable bonds is 6. The number of ether oxygens (including phenoxy) is 2. The smallest absolute Gasteiger partial charge is 0.241 e. The minimum Gasteiger partial charge on any atom is -0.493 e. The lowest BCUT2D eigenvalue weighted by molar-refractivity contribution is 0.354. The van der Waals surface area contributed by atoms with Gasteiger partial charge in [0.25, 0.3) is 0 Å². The van der Waals surface area contributed by atoms with E-state index in [0.29, 0.717) is 11.5 Å². The minimum atomic E-state index is -3.63. The number of hydrogen-bond acceptors (Lipinski definition) is 5. The highest BCUT2D eigenvalue weighted by Crippen LogP contribution is 2.29. The molecule has 0 amide bonds. The summed E-state index contributed by atoms with van der Waals surface area (Å²) < 4.78 is 37.9. The van der Waals surface area contributed by atoms with Crippen molar-refractivity contribution < 1.29 is 17.9 Å². The highest BCUT2D eigenvalue weighted by molar-refractivity contribution is 7.89. The Balaban J connectivity index is 1.76. The molecule has 7 heteroatoms. The van der Waals surface area contributed by atoms with Crippen LogP contribution in [0.15, 0.2) is 41.3 Å². The van der Waals surface area contributed by atoms with E-state index in [0.717, 1.165) is 18.7 Å². The van der Waals surface area contributed by atoms with Crippen LogP contribution in [-0.4, -0.2) is 22.6 Å². The number of methoxy groups -OCH3 is 2. The largest absolute Gasteiger partial charge is 0.493 e. The van der Waals surface area contributed by atoms with Crippen LogP contribution in [-0.2, 0) is 29.7 Å². The molecule has 6 nitrogen and oxygen atoms in total. The fourth-order valence-electron chi connectivity index (χ4n) is 2.70. The van der Waals surface area contributed by atoms with E-state index in [9.17, 15) is 8.42 Å². The topological polar surface area (TPSA) is 76.7 Å². The predicted molar refractivity (Wildman–Crippen MR) is 90.6 cm³/mol. The van der Waals surface area contributed by atoms with Crippen LogP contribution in [0.5, 0.6) is 11.5 Å². The van der Waals surface area contributed by atoms with Gasteiger partial charge in [0.15, 0.2) is 11.5 Å². The standard InChI is InChI=1S/C17H20N2O4S/c1-22-16-6-5-15(8-17(16)23-2)24(20,21)19-9-12-3-4-13-10-18-11-14(13)7-12/h3-8,18-19H,9-11H2,1-2H3. The molecule has 0 spiro atoms. The summed E-state index contributed by atoms with van der Waals surface area (Å²) in [5.74, 6) is 0.867. The van der Waals surface area contributed by atoms with Crippen molar-refractivity contribution in [3.05, 3.63) is 53.1 Å². The van der Waals surface area contributed by atoms with E-state index in [-0.39, 0.29) is 11.4 Å². The van der Waals surface area contributed by atoms with Crippen molar-refractivity contribution in [2.24, 2.45) is 0 Å². The second-order valence-electron chi connectivity index (χ2n) is 5.55. The summed E-state index contributed by atoms with van der Waals surface area (Å²) in [7, 11) is -0.652. The van der Waals surface area contributed by atoms with Gasteiger partial charge in [0.1, 0.15) is 0 Å². The Morgan fingerprint density at radius 2 is 1.75 bits per heavy atom. The molecule has 0 radical (unpaired) electrons. The zero-order chi connectivity index (χ0) is 17.2. The molecule has 0 bridgehead atoms. The SMILES string of the molecule is COc1ccc(S(=O)(=O)NCc2ccc3c(c2)CNC3)cc1OC. The molecule has 3 rings (SSSR count). The van der Waals surface area contributed by atoms with Crippen LogP contribution in [0.4, 0.5) is 0 Å². The lowest BCUT2D eigenvalue weighted by Gasteiger charge is -2.11. The van der Waals surface area contributed by atoms with Crippen LogP contribution in [0.2, 0.25) is 0 Å². The van der Waals surface area contributed by atoms with Gasteiger partial charge in [-0.2, -0.15) is 0 Å². The maximum atomic E-state index is 12.5. The maximum absolute atomic E-state index is 12.5. The first-order valence-electron chi connectivity index (χ1n) is 7.56.